The number of aromatic nitrogens is 3. The van der Waals surface area contributed by atoms with Crippen molar-refractivity contribution in [1.82, 2.24) is 15.2 Å². The van der Waals surface area contributed by atoms with Gasteiger partial charge in [0.2, 0.25) is 0 Å². The van der Waals surface area contributed by atoms with Crippen molar-refractivity contribution in [3.63, 3.8) is 0 Å². The summed E-state index contributed by atoms with van der Waals surface area (Å²) in [6.07, 6.45) is 5.79. The highest BCUT2D eigenvalue weighted by atomic mass is 32.1. The lowest BCUT2D eigenvalue weighted by Gasteiger charge is -2.26. The van der Waals surface area contributed by atoms with Crippen molar-refractivity contribution >= 4 is 33.1 Å². The Kier molecular flexibility index (Phi) is 3.03. The van der Waals surface area contributed by atoms with Gasteiger partial charge in [-0.2, -0.15) is 5.10 Å². The monoisotopic (exact) mass is 299 g/mol. The third kappa shape index (κ3) is 2.35. The zero-order valence-electron chi connectivity index (χ0n) is 11.6. The van der Waals surface area contributed by atoms with Crippen molar-refractivity contribution in [3.8, 4) is 10.6 Å². The summed E-state index contributed by atoms with van der Waals surface area (Å²) in [6.45, 7) is 1.02. The molecule has 0 unspecified atom stereocenters. The van der Waals surface area contributed by atoms with E-state index in [0.717, 1.165) is 38.9 Å². The van der Waals surface area contributed by atoms with Gasteiger partial charge >= 0.3 is 0 Å². The average molecular weight is 299 g/mol. The Labute approximate surface area is 126 Å². The van der Waals surface area contributed by atoms with Gasteiger partial charge in [0, 0.05) is 18.8 Å². The standard InChI is InChI=1S/C15H17N5S/c16-14-7-11(17-8-9-2-1-3-9)15-12(19-14)6-13(21-15)10-4-5-18-20-10/h4-7,9H,1-3,8H2,(H,18,20)(H3,16,17,19). The van der Waals surface area contributed by atoms with Crippen LogP contribution in [0.4, 0.5) is 11.5 Å². The molecule has 0 radical (unpaired) electrons. The number of hydrogen-bond acceptors (Lipinski definition) is 5. The minimum absolute atomic E-state index is 0.563. The molecule has 0 amide bonds. The second-order valence-corrected chi connectivity index (χ2v) is 6.62. The van der Waals surface area contributed by atoms with Crippen molar-refractivity contribution in [3.05, 3.63) is 24.4 Å². The lowest BCUT2D eigenvalue weighted by molar-refractivity contribution is 0.333. The molecule has 0 bridgehead atoms. The van der Waals surface area contributed by atoms with E-state index in [9.17, 15) is 0 Å². The first kappa shape index (κ1) is 12.6. The Morgan fingerprint density at radius 2 is 2.29 bits per heavy atom. The first-order valence-electron chi connectivity index (χ1n) is 7.23. The summed E-state index contributed by atoms with van der Waals surface area (Å²) in [5.41, 5.74) is 9.00. The number of pyridine rings is 1. The molecule has 1 aliphatic rings. The molecule has 6 heteroatoms. The van der Waals surface area contributed by atoms with Gasteiger partial charge in [-0.05, 0) is 30.9 Å². The minimum atomic E-state index is 0.563. The highest BCUT2D eigenvalue weighted by Crippen LogP contribution is 2.37. The van der Waals surface area contributed by atoms with E-state index in [4.69, 9.17) is 5.73 Å². The molecule has 5 nitrogen and oxygen atoms in total. The Balaban J connectivity index is 1.70. The normalized spacial score (nSPS) is 15.2. The molecule has 0 spiro atoms. The molecule has 21 heavy (non-hydrogen) atoms. The largest absolute Gasteiger partial charge is 0.384 e. The molecule has 1 saturated carbocycles. The van der Waals surface area contributed by atoms with Crippen LogP contribution in [0.1, 0.15) is 19.3 Å². The van der Waals surface area contributed by atoms with Gasteiger partial charge in [0.25, 0.3) is 0 Å². The number of rotatable bonds is 4. The van der Waals surface area contributed by atoms with Crippen molar-refractivity contribution in [2.24, 2.45) is 5.92 Å². The molecule has 0 atom stereocenters. The molecular weight excluding hydrogens is 282 g/mol. The van der Waals surface area contributed by atoms with E-state index in [-0.39, 0.29) is 0 Å². The molecule has 4 N–H and O–H groups in total. The van der Waals surface area contributed by atoms with Crippen LogP contribution >= 0.6 is 11.3 Å². The molecule has 3 heterocycles. The predicted molar refractivity (Wildman–Crippen MR) is 87.4 cm³/mol. The maximum atomic E-state index is 5.94. The van der Waals surface area contributed by atoms with Crippen molar-refractivity contribution in [2.45, 2.75) is 19.3 Å². The summed E-state index contributed by atoms with van der Waals surface area (Å²) in [5, 5.41) is 10.6. The van der Waals surface area contributed by atoms with E-state index in [1.54, 1.807) is 17.5 Å². The fraction of sp³-hybridized carbons (Fsp3) is 0.333. The number of nitrogens with one attached hydrogen (secondary N) is 2. The molecule has 3 aromatic heterocycles. The summed E-state index contributed by atoms with van der Waals surface area (Å²) < 4.78 is 1.16. The predicted octanol–water partition coefficient (Wildman–Crippen LogP) is 3.48. The zero-order valence-corrected chi connectivity index (χ0v) is 12.4. The van der Waals surface area contributed by atoms with Crippen LogP contribution < -0.4 is 11.1 Å². The van der Waals surface area contributed by atoms with Crippen molar-refractivity contribution < 1.29 is 0 Å². The van der Waals surface area contributed by atoms with Gasteiger partial charge in [0.05, 0.1) is 26.5 Å². The fourth-order valence-electron chi connectivity index (χ4n) is 2.65. The lowest BCUT2D eigenvalue weighted by Crippen LogP contribution is -2.20. The maximum absolute atomic E-state index is 5.94. The number of hydrogen-bond donors (Lipinski definition) is 3. The van der Waals surface area contributed by atoms with Crippen LogP contribution in [0, 0.1) is 5.92 Å². The van der Waals surface area contributed by atoms with Gasteiger partial charge in [0.1, 0.15) is 5.82 Å². The van der Waals surface area contributed by atoms with E-state index in [2.05, 4.69) is 26.6 Å². The number of H-pyrrole nitrogens is 1. The first-order chi connectivity index (χ1) is 10.3. The van der Waals surface area contributed by atoms with Crippen LogP contribution in [-0.2, 0) is 0 Å². The minimum Gasteiger partial charge on any atom is -0.384 e. The van der Waals surface area contributed by atoms with Crippen LogP contribution in [0.2, 0.25) is 0 Å². The van der Waals surface area contributed by atoms with Crippen LogP contribution in [0.15, 0.2) is 24.4 Å². The highest BCUT2D eigenvalue weighted by Gasteiger charge is 2.18. The van der Waals surface area contributed by atoms with Crippen LogP contribution in [0.25, 0.3) is 20.8 Å². The Morgan fingerprint density at radius 1 is 1.38 bits per heavy atom. The van der Waals surface area contributed by atoms with Gasteiger partial charge in [-0.15, -0.1) is 11.3 Å². The van der Waals surface area contributed by atoms with E-state index in [1.165, 1.54) is 19.3 Å². The number of nitrogens with two attached hydrogens (primary N) is 1. The van der Waals surface area contributed by atoms with Crippen LogP contribution in [0.5, 0.6) is 0 Å². The van der Waals surface area contributed by atoms with E-state index in [0.29, 0.717) is 5.82 Å². The quantitative estimate of drug-likeness (QED) is 0.689. The second-order valence-electron chi connectivity index (χ2n) is 5.57. The number of fused-ring (bicyclic) bond motifs is 1. The topological polar surface area (TPSA) is 79.6 Å². The number of nitrogens with zero attached hydrogens (tertiary/aromatic N) is 2. The number of aromatic amines is 1. The van der Waals surface area contributed by atoms with E-state index >= 15 is 0 Å². The highest BCUT2D eigenvalue weighted by molar-refractivity contribution is 7.22. The third-order valence-corrected chi connectivity index (χ3v) is 5.26. The first-order valence-corrected chi connectivity index (χ1v) is 8.05. The smallest absolute Gasteiger partial charge is 0.126 e. The van der Waals surface area contributed by atoms with Crippen molar-refractivity contribution in [2.75, 3.05) is 17.6 Å². The fourth-order valence-corrected chi connectivity index (χ4v) is 3.71. The zero-order chi connectivity index (χ0) is 14.2. The van der Waals surface area contributed by atoms with Gasteiger partial charge < -0.3 is 11.1 Å². The average Bonchev–Trinajstić information content (AvgIpc) is 3.04. The van der Waals surface area contributed by atoms with Gasteiger partial charge in [-0.3, -0.25) is 5.10 Å². The van der Waals surface area contributed by atoms with Crippen molar-refractivity contribution in [1.29, 1.82) is 0 Å². The lowest BCUT2D eigenvalue weighted by atomic mass is 9.85. The van der Waals surface area contributed by atoms with Gasteiger partial charge in [-0.25, -0.2) is 4.98 Å². The van der Waals surface area contributed by atoms with E-state index < -0.39 is 0 Å². The molecular formula is C15H17N5S. The van der Waals surface area contributed by atoms with Gasteiger partial charge in [-0.1, -0.05) is 6.42 Å². The summed E-state index contributed by atoms with van der Waals surface area (Å²) in [5.74, 6) is 1.37. The molecule has 4 rings (SSSR count). The molecule has 108 valence electrons. The second kappa shape index (κ2) is 5.04. The van der Waals surface area contributed by atoms with E-state index in [1.807, 2.05) is 12.1 Å². The molecule has 1 aliphatic carbocycles. The van der Waals surface area contributed by atoms with Gasteiger partial charge in [0.15, 0.2) is 0 Å². The Bertz CT molecular complexity index is 758. The Morgan fingerprint density at radius 3 is 3.00 bits per heavy atom. The summed E-state index contributed by atoms with van der Waals surface area (Å²) in [6, 6.07) is 5.97. The molecule has 1 fully saturated rings. The SMILES string of the molecule is Nc1cc(NCC2CCC2)c2sc(-c3ccn[nH]3)cc2n1. The summed E-state index contributed by atoms with van der Waals surface area (Å²) in [4.78, 5) is 5.57. The van der Waals surface area contributed by atoms with Crippen LogP contribution in [0.3, 0.4) is 0 Å². The molecule has 0 aromatic carbocycles. The third-order valence-electron chi connectivity index (χ3n) is 4.07. The number of anilines is 2. The molecule has 3 aromatic rings. The summed E-state index contributed by atoms with van der Waals surface area (Å²) >= 11 is 1.72. The molecule has 0 saturated heterocycles. The number of thiophene rings is 1. The van der Waals surface area contributed by atoms with Crippen LogP contribution in [-0.4, -0.2) is 21.7 Å². The maximum Gasteiger partial charge on any atom is 0.126 e. The number of nitrogen functional groups attached to an aromatic ring is 1. The summed E-state index contributed by atoms with van der Waals surface area (Å²) in [7, 11) is 0. The Hall–Kier alpha value is -2.08. The molecule has 0 aliphatic heterocycles.